The van der Waals surface area contributed by atoms with Gasteiger partial charge < -0.3 is 10.1 Å². The molecule has 2 aromatic carbocycles. The van der Waals surface area contributed by atoms with Crippen molar-refractivity contribution in [3.05, 3.63) is 64.1 Å². The zero-order chi connectivity index (χ0) is 23.0. The van der Waals surface area contributed by atoms with E-state index < -0.39 is 10.0 Å². The number of carbonyl (C=O) groups excluding carboxylic acids is 1. The Morgan fingerprint density at radius 1 is 1.12 bits per heavy atom. The van der Waals surface area contributed by atoms with Gasteiger partial charge in [0.05, 0.1) is 17.1 Å². The number of hydrogen-bond acceptors (Lipinski definition) is 6. The summed E-state index contributed by atoms with van der Waals surface area (Å²) in [6, 6.07) is 11.2. The van der Waals surface area contributed by atoms with Crippen molar-refractivity contribution in [2.45, 2.75) is 37.5 Å². The topological polar surface area (TPSA) is 97.4 Å². The number of thiazole rings is 1. The number of aromatic nitrogens is 1. The number of carbonyl (C=O) groups is 1. The molecule has 0 fully saturated rings. The molecule has 0 saturated carbocycles. The fourth-order valence-corrected chi connectivity index (χ4v) is 5.03. The lowest BCUT2D eigenvalue weighted by atomic mass is 10.1. The Hall–Kier alpha value is -2.43. The predicted molar refractivity (Wildman–Crippen MR) is 131 cm³/mol. The minimum absolute atomic E-state index is 0.0734. The first-order valence-corrected chi connectivity index (χ1v) is 13.3. The Morgan fingerprint density at radius 3 is 2.59 bits per heavy atom. The SMILES string of the molecule is CCCCCCOc1ccc(Br)cc1C(=O)Nc1ccc(S(=O)(=O)Nc2nccs2)cc1. The van der Waals surface area contributed by atoms with Gasteiger partial charge in [0, 0.05) is 21.7 Å². The summed E-state index contributed by atoms with van der Waals surface area (Å²) in [7, 11) is -3.75. The number of anilines is 2. The van der Waals surface area contributed by atoms with Crippen molar-refractivity contribution >= 4 is 54.0 Å². The maximum atomic E-state index is 12.9. The van der Waals surface area contributed by atoms with Crippen molar-refractivity contribution in [1.29, 1.82) is 0 Å². The van der Waals surface area contributed by atoms with E-state index in [0.717, 1.165) is 30.2 Å². The molecule has 0 bridgehead atoms. The van der Waals surface area contributed by atoms with Gasteiger partial charge in [-0.05, 0) is 48.9 Å². The number of nitrogens with zero attached hydrogens (tertiary/aromatic N) is 1. The lowest BCUT2D eigenvalue weighted by Crippen LogP contribution is -2.15. The molecule has 0 aliphatic heterocycles. The van der Waals surface area contributed by atoms with Crippen LogP contribution in [0.4, 0.5) is 10.8 Å². The molecule has 3 rings (SSSR count). The number of rotatable bonds is 11. The molecule has 0 unspecified atom stereocenters. The fourth-order valence-electron chi connectivity index (χ4n) is 2.88. The van der Waals surface area contributed by atoms with E-state index >= 15 is 0 Å². The van der Waals surface area contributed by atoms with Gasteiger partial charge in [0.1, 0.15) is 5.75 Å². The first-order chi connectivity index (χ1) is 15.4. The number of nitrogens with one attached hydrogen (secondary N) is 2. The molecular formula is C22H24BrN3O4S2. The van der Waals surface area contributed by atoms with Gasteiger partial charge >= 0.3 is 0 Å². The number of amides is 1. The van der Waals surface area contributed by atoms with Gasteiger partial charge in [-0.3, -0.25) is 9.52 Å². The highest BCUT2D eigenvalue weighted by atomic mass is 79.9. The van der Waals surface area contributed by atoms with Crippen LogP contribution in [0.3, 0.4) is 0 Å². The van der Waals surface area contributed by atoms with E-state index in [1.54, 1.807) is 17.5 Å². The molecule has 170 valence electrons. The molecule has 10 heteroatoms. The summed E-state index contributed by atoms with van der Waals surface area (Å²) in [5, 5.41) is 4.77. The second-order valence-electron chi connectivity index (χ2n) is 6.97. The molecular weight excluding hydrogens is 514 g/mol. The fraction of sp³-hybridized carbons (Fsp3) is 0.273. The molecule has 32 heavy (non-hydrogen) atoms. The molecule has 0 atom stereocenters. The zero-order valence-electron chi connectivity index (χ0n) is 17.5. The van der Waals surface area contributed by atoms with Crippen LogP contribution >= 0.6 is 27.3 Å². The van der Waals surface area contributed by atoms with E-state index in [9.17, 15) is 13.2 Å². The zero-order valence-corrected chi connectivity index (χ0v) is 20.7. The average molecular weight is 538 g/mol. The van der Waals surface area contributed by atoms with Crippen LogP contribution in [0.25, 0.3) is 0 Å². The molecule has 0 saturated heterocycles. The summed E-state index contributed by atoms with van der Waals surface area (Å²) < 4.78 is 33.9. The van der Waals surface area contributed by atoms with E-state index in [4.69, 9.17) is 4.74 Å². The molecule has 0 radical (unpaired) electrons. The number of ether oxygens (including phenoxy) is 1. The van der Waals surface area contributed by atoms with Gasteiger partial charge in [0.2, 0.25) is 0 Å². The molecule has 3 aromatic rings. The molecule has 0 aliphatic carbocycles. The average Bonchev–Trinajstić information content (AvgIpc) is 3.27. The lowest BCUT2D eigenvalue weighted by Gasteiger charge is -2.13. The number of benzene rings is 2. The molecule has 1 heterocycles. The highest BCUT2D eigenvalue weighted by molar-refractivity contribution is 9.10. The van der Waals surface area contributed by atoms with Gasteiger partial charge in [-0.2, -0.15) is 0 Å². The Morgan fingerprint density at radius 2 is 1.91 bits per heavy atom. The van der Waals surface area contributed by atoms with Gasteiger partial charge in [-0.15, -0.1) is 11.3 Å². The number of halogens is 1. The van der Waals surface area contributed by atoms with Crippen LogP contribution in [0.5, 0.6) is 5.75 Å². The van der Waals surface area contributed by atoms with Crippen LogP contribution in [-0.2, 0) is 10.0 Å². The van der Waals surface area contributed by atoms with E-state index in [-0.39, 0.29) is 10.8 Å². The standard InChI is InChI=1S/C22H24BrN3O4S2/c1-2-3-4-5-13-30-20-11-6-16(23)15-19(20)21(27)25-17-7-9-18(10-8-17)32(28,29)26-22-24-12-14-31-22/h6-12,14-15H,2-5,13H2,1H3,(H,24,26)(H,25,27). The first kappa shape index (κ1) is 24.2. The van der Waals surface area contributed by atoms with Crippen LogP contribution in [0, 0.1) is 0 Å². The summed E-state index contributed by atoms with van der Waals surface area (Å²) >= 11 is 4.59. The lowest BCUT2D eigenvalue weighted by molar-refractivity contribution is 0.102. The second-order valence-corrected chi connectivity index (χ2v) is 10.5. The Bertz CT molecular complexity index is 1130. The van der Waals surface area contributed by atoms with Gasteiger partial charge in [-0.1, -0.05) is 42.1 Å². The molecule has 0 spiro atoms. The molecule has 1 aromatic heterocycles. The third kappa shape index (κ3) is 6.78. The van der Waals surface area contributed by atoms with Gasteiger partial charge in [-0.25, -0.2) is 13.4 Å². The van der Waals surface area contributed by atoms with Crippen molar-refractivity contribution in [3.8, 4) is 5.75 Å². The third-order valence-electron chi connectivity index (χ3n) is 4.52. The van der Waals surface area contributed by atoms with Crippen molar-refractivity contribution < 1.29 is 17.9 Å². The van der Waals surface area contributed by atoms with Crippen molar-refractivity contribution in [2.24, 2.45) is 0 Å². The van der Waals surface area contributed by atoms with Crippen molar-refractivity contribution in [2.75, 3.05) is 16.6 Å². The minimum atomic E-state index is -3.75. The van der Waals surface area contributed by atoms with Gasteiger partial charge in [0.25, 0.3) is 15.9 Å². The maximum Gasteiger partial charge on any atom is 0.263 e. The maximum absolute atomic E-state index is 12.9. The smallest absolute Gasteiger partial charge is 0.263 e. The second kappa shape index (κ2) is 11.4. The van der Waals surface area contributed by atoms with E-state index in [2.05, 4.69) is 37.9 Å². The van der Waals surface area contributed by atoms with Gasteiger partial charge in [0.15, 0.2) is 5.13 Å². The molecule has 1 amide bonds. The summed E-state index contributed by atoms with van der Waals surface area (Å²) in [5.74, 6) is 0.167. The molecule has 7 nitrogen and oxygen atoms in total. The Labute approximate surface area is 200 Å². The van der Waals surface area contributed by atoms with E-state index in [0.29, 0.717) is 28.7 Å². The normalized spacial score (nSPS) is 11.2. The summed E-state index contributed by atoms with van der Waals surface area (Å²) in [5.41, 5.74) is 0.870. The molecule has 0 aliphatic rings. The van der Waals surface area contributed by atoms with Crippen LogP contribution in [0.2, 0.25) is 0 Å². The van der Waals surface area contributed by atoms with Crippen LogP contribution in [0.15, 0.2) is 63.4 Å². The van der Waals surface area contributed by atoms with E-state index in [1.807, 2.05) is 6.07 Å². The van der Waals surface area contributed by atoms with Crippen LogP contribution in [-0.4, -0.2) is 25.9 Å². The Kier molecular flexibility index (Phi) is 8.66. The largest absolute Gasteiger partial charge is 0.493 e. The predicted octanol–water partition coefficient (Wildman–Crippen LogP) is 5.92. The third-order valence-corrected chi connectivity index (χ3v) is 7.18. The van der Waals surface area contributed by atoms with Crippen molar-refractivity contribution in [3.63, 3.8) is 0 Å². The minimum Gasteiger partial charge on any atom is -0.493 e. The van der Waals surface area contributed by atoms with Crippen molar-refractivity contribution in [1.82, 2.24) is 4.98 Å². The highest BCUT2D eigenvalue weighted by Gasteiger charge is 2.17. The summed E-state index contributed by atoms with van der Waals surface area (Å²) in [6.45, 7) is 2.69. The quantitative estimate of drug-likeness (QED) is 0.296. The molecule has 2 N–H and O–H groups in total. The number of sulfonamides is 1. The van der Waals surface area contributed by atoms with Crippen LogP contribution in [0.1, 0.15) is 43.0 Å². The summed E-state index contributed by atoms with van der Waals surface area (Å²) in [4.78, 5) is 16.9. The first-order valence-electron chi connectivity index (χ1n) is 10.1. The number of hydrogen-bond donors (Lipinski definition) is 2. The Balaban J connectivity index is 1.67. The summed E-state index contributed by atoms with van der Waals surface area (Å²) in [6.07, 6.45) is 5.83. The van der Waals surface area contributed by atoms with E-state index in [1.165, 1.54) is 41.8 Å². The number of unbranched alkanes of at least 4 members (excludes halogenated alkanes) is 3. The highest BCUT2D eigenvalue weighted by Crippen LogP contribution is 2.25. The monoisotopic (exact) mass is 537 g/mol. The van der Waals surface area contributed by atoms with Crippen LogP contribution < -0.4 is 14.8 Å².